The lowest BCUT2D eigenvalue weighted by atomic mass is 10.0. The SMILES string of the molecule is CC=C(SC(=C(C)CC)C1CCCN1C(=O)C(NC(=O)CCN1CCCC1)c1ccccc1)c1ccc(-c2ccc(-c3cnc(CN(CCC)C(=O)C(NC(=O)CCN4CCCC4)c4ccccc4)s3)cc2)cc1. The van der Waals surface area contributed by atoms with Crippen molar-refractivity contribution in [3.63, 3.8) is 0 Å². The minimum atomic E-state index is -0.770. The summed E-state index contributed by atoms with van der Waals surface area (Å²) in [5.41, 5.74) is 7.24. The number of hydrogen-bond donors (Lipinski definition) is 2. The van der Waals surface area contributed by atoms with Crippen LogP contribution in [-0.2, 0) is 25.7 Å². The summed E-state index contributed by atoms with van der Waals surface area (Å²) in [6.07, 6.45) is 12.9. The number of rotatable bonds is 23. The third-order valence-corrected chi connectivity index (χ3v) is 17.3. The Hall–Kier alpha value is -5.86. The smallest absolute Gasteiger partial charge is 0.250 e. The summed E-state index contributed by atoms with van der Waals surface area (Å²) < 4.78 is 0. The van der Waals surface area contributed by atoms with Gasteiger partial charge in [0.2, 0.25) is 23.6 Å². The predicted octanol–water partition coefficient (Wildman–Crippen LogP) is 11.7. The highest BCUT2D eigenvalue weighted by atomic mass is 32.2. The first-order chi connectivity index (χ1) is 36.1. The molecule has 4 amide bonds. The number of likely N-dealkylation sites (tertiary alicyclic amines) is 3. The first-order valence-electron chi connectivity index (χ1n) is 27.0. The Morgan fingerprint density at radius 1 is 0.716 bits per heavy atom. The van der Waals surface area contributed by atoms with Crippen LogP contribution in [0, 0.1) is 0 Å². The second-order valence-electron chi connectivity index (χ2n) is 19.9. The van der Waals surface area contributed by atoms with E-state index >= 15 is 0 Å². The quantitative estimate of drug-likeness (QED) is 0.0664. The van der Waals surface area contributed by atoms with E-state index in [2.05, 4.69) is 103 Å². The summed E-state index contributed by atoms with van der Waals surface area (Å²) in [5.74, 6) is -0.374. The van der Waals surface area contributed by atoms with Gasteiger partial charge in [0, 0.05) is 55.0 Å². The number of allylic oxidation sites excluding steroid dienone is 2. The monoisotopic (exact) mass is 1030 g/mol. The Morgan fingerprint density at radius 3 is 1.81 bits per heavy atom. The van der Waals surface area contributed by atoms with E-state index in [0.717, 1.165) is 100 Å². The Kier molecular flexibility index (Phi) is 19.9. The van der Waals surface area contributed by atoms with E-state index in [1.54, 1.807) is 23.1 Å². The van der Waals surface area contributed by atoms with Crippen molar-refractivity contribution in [3.8, 4) is 21.6 Å². The summed E-state index contributed by atoms with van der Waals surface area (Å²) in [6.45, 7) is 15.6. The van der Waals surface area contributed by atoms with Gasteiger partial charge in [0.25, 0.3) is 0 Å². The molecule has 4 heterocycles. The maximum Gasteiger partial charge on any atom is 0.250 e. The van der Waals surface area contributed by atoms with Gasteiger partial charge >= 0.3 is 0 Å². The fourth-order valence-corrected chi connectivity index (χ4v) is 12.7. The van der Waals surface area contributed by atoms with E-state index in [1.807, 2.05) is 76.7 Å². The van der Waals surface area contributed by atoms with Gasteiger partial charge in [-0.3, -0.25) is 19.2 Å². The lowest BCUT2D eigenvalue weighted by Crippen LogP contribution is -2.45. The number of thioether (sulfide) groups is 1. The molecule has 3 saturated heterocycles. The standard InChI is InChI=1S/C61H75N7O4S2/c1-5-34-67(60(71)57(49-19-10-8-11-20-49)63-54(69)32-40-65-35-14-15-36-65)43-56-62-42-53(73-56)48-30-26-46(27-31-48)45-24-28-47(29-25-45)52(7-3)74-59(44(4)6-2)51-23-18-39-68(51)61(72)58(50-21-12-9-13-22-50)64-55(70)33-41-66-37-16-17-38-66/h7-13,19-22,24-31,42,51,57-58H,5-6,14-18,23,32-41,43H2,1-4H3,(H,63,69)(H,64,70). The zero-order chi connectivity index (χ0) is 51.8. The van der Waals surface area contributed by atoms with E-state index in [-0.39, 0.29) is 29.7 Å². The van der Waals surface area contributed by atoms with E-state index in [9.17, 15) is 19.2 Å². The molecule has 13 heteroatoms. The van der Waals surface area contributed by atoms with Gasteiger partial charge in [-0.2, -0.15) is 0 Å². The number of thiazole rings is 1. The van der Waals surface area contributed by atoms with Crippen molar-refractivity contribution in [2.24, 2.45) is 0 Å². The van der Waals surface area contributed by atoms with Crippen LogP contribution in [0.15, 0.2) is 132 Å². The molecule has 3 atom stereocenters. The van der Waals surface area contributed by atoms with Gasteiger partial charge in [0.05, 0.1) is 17.5 Å². The van der Waals surface area contributed by atoms with Crippen LogP contribution >= 0.6 is 23.1 Å². The van der Waals surface area contributed by atoms with Crippen molar-refractivity contribution in [3.05, 3.63) is 154 Å². The normalized spacial score (nSPS) is 17.5. The molecule has 8 rings (SSSR count). The van der Waals surface area contributed by atoms with E-state index in [4.69, 9.17) is 4.98 Å². The first kappa shape index (κ1) is 54.4. The Labute approximate surface area is 447 Å². The minimum Gasteiger partial charge on any atom is -0.340 e. The van der Waals surface area contributed by atoms with Crippen molar-refractivity contribution >= 4 is 51.6 Å². The van der Waals surface area contributed by atoms with Crippen LogP contribution in [-0.4, -0.2) is 107 Å². The highest BCUT2D eigenvalue weighted by Gasteiger charge is 2.38. The number of amides is 4. The van der Waals surface area contributed by atoms with Gasteiger partial charge in [-0.25, -0.2) is 4.98 Å². The van der Waals surface area contributed by atoms with Crippen LogP contribution in [0.5, 0.6) is 0 Å². The van der Waals surface area contributed by atoms with Crippen LogP contribution < -0.4 is 10.6 Å². The highest BCUT2D eigenvalue weighted by molar-refractivity contribution is 8.11. The van der Waals surface area contributed by atoms with Crippen LogP contribution in [0.4, 0.5) is 0 Å². The summed E-state index contributed by atoms with van der Waals surface area (Å²) >= 11 is 3.35. The van der Waals surface area contributed by atoms with Crippen molar-refractivity contribution in [1.29, 1.82) is 0 Å². The fraction of sp³-hybridized carbons (Fsp3) is 0.426. The van der Waals surface area contributed by atoms with Gasteiger partial charge in [-0.05, 0) is 125 Å². The molecule has 74 heavy (non-hydrogen) atoms. The van der Waals surface area contributed by atoms with E-state index < -0.39 is 12.1 Å². The molecule has 0 saturated carbocycles. The summed E-state index contributed by atoms with van der Waals surface area (Å²) in [5, 5.41) is 7.09. The molecule has 390 valence electrons. The summed E-state index contributed by atoms with van der Waals surface area (Å²) in [7, 11) is 0. The maximum atomic E-state index is 14.7. The molecule has 11 nitrogen and oxygen atoms in total. The molecule has 0 radical (unpaired) electrons. The summed E-state index contributed by atoms with van der Waals surface area (Å²) in [6, 6.07) is 35.0. The Morgan fingerprint density at radius 2 is 1.26 bits per heavy atom. The topological polar surface area (TPSA) is 118 Å². The molecule has 0 aliphatic carbocycles. The summed E-state index contributed by atoms with van der Waals surface area (Å²) in [4.78, 5) is 72.4. The molecular formula is C61H75N7O4S2. The molecule has 0 bridgehead atoms. The number of carbonyl (C=O) groups is 4. The lowest BCUT2D eigenvalue weighted by molar-refractivity contribution is -0.137. The number of nitrogens with one attached hydrogen (secondary N) is 2. The molecule has 1 aromatic heterocycles. The molecular weight excluding hydrogens is 959 g/mol. The van der Waals surface area contributed by atoms with Gasteiger partial charge in [-0.15, -0.1) is 11.3 Å². The largest absolute Gasteiger partial charge is 0.340 e. The van der Waals surface area contributed by atoms with Crippen LogP contribution in [0.1, 0.15) is 126 Å². The van der Waals surface area contributed by atoms with Gasteiger partial charge in [-0.1, -0.05) is 146 Å². The van der Waals surface area contributed by atoms with Crippen molar-refractivity contribution < 1.29 is 19.2 Å². The molecule has 2 N–H and O–H groups in total. The average molecular weight is 1030 g/mol. The fourth-order valence-electron chi connectivity index (χ4n) is 10.4. The van der Waals surface area contributed by atoms with Gasteiger partial charge < -0.3 is 30.2 Å². The van der Waals surface area contributed by atoms with Crippen LogP contribution in [0.2, 0.25) is 0 Å². The molecule has 5 aromatic rings. The molecule has 3 fully saturated rings. The number of nitrogens with zero attached hydrogens (tertiary/aromatic N) is 5. The van der Waals surface area contributed by atoms with Crippen molar-refractivity contribution in [2.75, 3.05) is 52.4 Å². The maximum absolute atomic E-state index is 14.7. The lowest BCUT2D eigenvalue weighted by Gasteiger charge is -2.32. The van der Waals surface area contributed by atoms with Crippen LogP contribution in [0.3, 0.4) is 0 Å². The zero-order valence-electron chi connectivity index (χ0n) is 43.9. The third-order valence-electron chi connectivity index (χ3n) is 14.7. The molecule has 3 aliphatic rings. The van der Waals surface area contributed by atoms with Crippen molar-refractivity contribution in [1.82, 2.24) is 35.2 Å². The average Bonchev–Trinajstić information content (AvgIpc) is 4.31. The molecule has 3 aliphatic heterocycles. The predicted molar refractivity (Wildman–Crippen MR) is 303 cm³/mol. The molecule has 3 unspecified atom stereocenters. The molecule has 0 spiro atoms. The number of aromatic nitrogens is 1. The highest BCUT2D eigenvalue weighted by Crippen LogP contribution is 2.43. The second-order valence-corrected chi connectivity index (χ2v) is 22.1. The van der Waals surface area contributed by atoms with Gasteiger partial charge in [0.1, 0.15) is 17.1 Å². The Balaban J connectivity index is 0.910. The van der Waals surface area contributed by atoms with Gasteiger partial charge in [0.15, 0.2) is 0 Å². The number of hydrogen-bond acceptors (Lipinski definition) is 9. The van der Waals surface area contributed by atoms with Crippen LogP contribution in [0.25, 0.3) is 26.5 Å². The third kappa shape index (κ3) is 14.3. The first-order valence-corrected chi connectivity index (χ1v) is 28.7. The zero-order valence-corrected chi connectivity index (χ0v) is 45.5. The van der Waals surface area contributed by atoms with E-state index in [0.29, 0.717) is 45.6 Å². The molecule has 4 aromatic carbocycles. The second kappa shape index (κ2) is 27.1. The Bertz CT molecular complexity index is 2690. The minimum absolute atomic E-state index is 0.0485. The van der Waals surface area contributed by atoms with E-state index in [1.165, 1.54) is 36.2 Å². The number of benzene rings is 4. The number of carbonyl (C=O) groups excluding carboxylic acids is 4. The van der Waals surface area contributed by atoms with Crippen molar-refractivity contribution in [2.45, 2.75) is 117 Å².